The lowest BCUT2D eigenvalue weighted by molar-refractivity contribution is 0.116. The van der Waals surface area contributed by atoms with Gasteiger partial charge in [0, 0.05) is 19.1 Å². The van der Waals surface area contributed by atoms with Crippen LogP contribution in [0.5, 0.6) is 0 Å². The molecule has 0 saturated carbocycles. The fraction of sp³-hybridized carbons (Fsp3) is 0.818. The lowest BCUT2D eigenvalue weighted by Crippen LogP contribution is -2.17. The Kier molecular flexibility index (Phi) is 2.99. The van der Waals surface area contributed by atoms with E-state index in [1.54, 1.807) is 7.11 Å². The SMILES string of the molecule is CO[C@@H]1CN[C@@H](c2nc(C(C)(C)C)no2)C1. The number of nitrogens with one attached hydrogen (secondary N) is 1. The zero-order valence-electron chi connectivity index (χ0n) is 10.3. The van der Waals surface area contributed by atoms with Gasteiger partial charge < -0.3 is 14.6 Å². The van der Waals surface area contributed by atoms with Gasteiger partial charge in [-0.1, -0.05) is 25.9 Å². The van der Waals surface area contributed by atoms with E-state index in [1.165, 1.54) is 0 Å². The number of methoxy groups -OCH3 is 1. The normalized spacial score (nSPS) is 26.2. The van der Waals surface area contributed by atoms with Crippen molar-refractivity contribution in [2.75, 3.05) is 13.7 Å². The maximum absolute atomic E-state index is 5.29. The first kappa shape index (κ1) is 11.5. The summed E-state index contributed by atoms with van der Waals surface area (Å²) in [6.07, 6.45) is 1.14. The van der Waals surface area contributed by atoms with E-state index in [4.69, 9.17) is 9.26 Å². The van der Waals surface area contributed by atoms with E-state index in [0.717, 1.165) is 18.8 Å². The zero-order chi connectivity index (χ0) is 11.8. The Morgan fingerprint density at radius 1 is 1.44 bits per heavy atom. The van der Waals surface area contributed by atoms with Gasteiger partial charge >= 0.3 is 0 Å². The molecule has 1 saturated heterocycles. The molecule has 0 aromatic carbocycles. The van der Waals surface area contributed by atoms with Crippen LogP contribution in [0.3, 0.4) is 0 Å². The summed E-state index contributed by atoms with van der Waals surface area (Å²) in [5.41, 5.74) is -0.0684. The summed E-state index contributed by atoms with van der Waals surface area (Å²) in [5, 5.41) is 7.33. The van der Waals surface area contributed by atoms with E-state index in [0.29, 0.717) is 5.89 Å². The minimum absolute atomic E-state index is 0.0684. The minimum Gasteiger partial charge on any atom is -0.380 e. The van der Waals surface area contributed by atoms with Gasteiger partial charge in [0.25, 0.3) is 0 Å². The Balaban J connectivity index is 2.08. The molecule has 2 heterocycles. The minimum atomic E-state index is -0.0684. The molecule has 1 aliphatic rings. The highest BCUT2D eigenvalue weighted by molar-refractivity contribution is 5.03. The van der Waals surface area contributed by atoms with Crippen molar-refractivity contribution in [2.45, 2.75) is 44.8 Å². The van der Waals surface area contributed by atoms with E-state index in [2.05, 4.69) is 36.2 Å². The van der Waals surface area contributed by atoms with Crippen LogP contribution in [-0.4, -0.2) is 29.9 Å². The largest absolute Gasteiger partial charge is 0.380 e. The quantitative estimate of drug-likeness (QED) is 0.824. The molecule has 2 rings (SSSR count). The number of nitrogens with zero attached hydrogens (tertiary/aromatic N) is 2. The van der Waals surface area contributed by atoms with E-state index in [-0.39, 0.29) is 17.6 Å². The molecule has 5 heteroatoms. The molecule has 16 heavy (non-hydrogen) atoms. The molecule has 1 aliphatic heterocycles. The van der Waals surface area contributed by atoms with Gasteiger partial charge in [0.1, 0.15) is 0 Å². The van der Waals surface area contributed by atoms with E-state index in [1.807, 2.05) is 0 Å². The summed E-state index contributed by atoms with van der Waals surface area (Å²) in [4.78, 5) is 4.44. The van der Waals surface area contributed by atoms with Crippen LogP contribution in [0.15, 0.2) is 4.52 Å². The van der Waals surface area contributed by atoms with Gasteiger partial charge in [0.15, 0.2) is 5.82 Å². The van der Waals surface area contributed by atoms with Crippen LogP contribution in [-0.2, 0) is 10.2 Å². The molecule has 0 radical (unpaired) electrons. The smallest absolute Gasteiger partial charge is 0.243 e. The standard InChI is InChI=1S/C11H19N3O2/c1-11(2,3)10-13-9(16-14-10)8-5-7(15-4)6-12-8/h7-8,12H,5-6H2,1-4H3/t7-,8+/m0/s1. The molecule has 0 aliphatic carbocycles. The summed E-state index contributed by atoms with van der Waals surface area (Å²) in [6, 6.07) is 0.133. The Morgan fingerprint density at radius 2 is 2.19 bits per heavy atom. The van der Waals surface area contributed by atoms with Crippen molar-refractivity contribution >= 4 is 0 Å². The van der Waals surface area contributed by atoms with E-state index in [9.17, 15) is 0 Å². The Hall–Kier alpha value is -0.940. The third-order valence-corrected chi connectivity index (χ3v) is 2.83. The fourth-order valence-corrected chi connectivity index (χ4v) is 1.75. The fourth-order valence-electron chi connectivity index (χ4n) is 1.75. The molecule has 1 aromatic heterocycles. The first-order chi connectivity index (χ1) is 7.50. The maximum Gasteiger partial charge on any atom is 0.243 e. The van der Waals surface area contributed by atoms with Gasteiger partial charge in [0.2, 0.25) is 5.89 Å². The number of hydrogen-bond acceptors (Lipinski definition) is 5. The van der Waals surface area contributed by atoms with Crippen LogP contribution in [0.25, 0.3) is 0 Å². The molecule has 90 valence electrons. The van der Waals surface area contributed by atoms with Crippen molar-refractivity contribution in [3.63, 3.8) is 0 Å². The van der Waals surface area contributed by atoms with Crippen LogP contribution in [0.1, 0.15) is 44.9 Å². The molecule has 5 nitrogen and oxygen atoms in total. The lowest BCUT2D eigenvalue weighted by Gasteiger charge is -2.11. The second-order valence-electron chi connectivity index (χ2n) is 5.26. The lowest BCUT2D eigenvalue weighted by atomic mass is 9.96. The van der Waals surface area contributed by atoms with Gasteiger partial charge in [-0.05, 0) is 6.42 Å². The van der Waals surface area contributed by atoms with Crippen molar-refractivity contribution in [3.8, 4) is 0 Å². The molecule has 1 fully saturated rings. The van der Waals surface area contributed by atoms with Crippen molar-refractivity contribution in [1.29, 1.82) is 0 Å². The molecule has 0 spiro atoms. The summed E-state index contributed by atoms with van der Waals surface area (Å²) < 4.78 is 10.6. The van der Waals surface area contributed by atoms with Crippen molar-refractivity contribution in [1.82, 2.24) is 15.5 Å². The second-order valence-corrected chi connectivity index (χ2v) is 5.26. The monoisotopic (exact) mass is 225 g/mol. The summed E-state index contributed by atoms with van der Waals surface area (Å²) >= 11 is 0. The maximum atomic E-state index is 5.29. The first-order valence-electron chi connectivity index (χ1n) is 5.61. The van der Waals surface area contributed by atoms with Gasteiger partial charge in [-0.2, -0.15) is 4.98 Å². The molecule has 1 N–H and O–H groups in total. The predicted octanol–water partition coefficient (Wildman–Crippen LogP) is 1.42. The molecule has 0 amide bonds. The van der Waals surface area contributed by atoms with Gasteiger partial charge in [-0.25, -0.2) is 0 Å². The number of rotatable bonds is 2. The topological polar surface area (TPSA) is 60.2 Å². The Morgan fingerprint density at radius 3 is 2.69 bits per heavy atom. The van der Waals surface area contributed by atoms with Crippen LogP contribution in [0.4, 0.5) is 0 Å². The average molecular weight is 225 g/mol. The van der Waals surface area contributed by atoms with Crippen LogP contribution in [0, 0.1) is 0 Å². The summed E-state index contributed by atoms with van der Waals surface area (Å²) in [6.45, 7) is 7.05. The van der Waals surface area contributed by atoms with Crippen LogP contribution >= 0.6 is 0 Å². The average Bonchev–Trinajstić information content (AvgIpc) is 2.85. The third-order valence-electron chi connectivity index (χ3n) is 2.83. The number of hydrogen-bond donors (Lipinski definition) is 1. The highest BCUT2D eigenvalue weighted by Gasteiger charge is 2.31. The van der Waals surface area contributed by atoms with E-state index >= 15 is 0 Å². The number of ether oxygens (including phenoxy) is 1. The zero-order valence-corrected chi connectivity index (χ0v) is 10.3. The summed E-state index contributed by atoms with van der Waals surface area (Å²) in [7, 11) is 1.73. The second kappa shape index (κ2) is 4.14. The van der Waals surface area contributed by atoms with Crippen LogP contribution in [0.2, 0.25) is 0 Å². The van der Waals surface area contributed by atoms with Gasteiger partial charge in [-0.3, -0.25) is 0 Å². The van der Waals surface area contributed by atoms with Crippen molar-refractivity contribution < 1.29 is 9.26 Å². The molecular weight excluding hydrogens is 206 g/mol. The van der Waals surface area contributed by atoms with E-state index < -0.39 is 0 Å². The third kappa shape index (κ3) is 2.25. The van der Waals surface area contributed by atoms with Crippen molar-refractivity contribution in [2.24, 2.45) is 0 Å². The molecule has 0 unspecified atom stereocenters. The Labute approximate surface area is 95.6 Å². The summed E-state index contributed by atoms with van der Waals surface area (Å²) in [5.74, 6) is 1.43. The van der Waals surface area contributed by atoms with Crippen molar-refractivity contribution in [3.05, 3.63) is 11.7 Å². The molecule has 2 atom stereocenters. The predicted molar refractivity (Wildman–Crippen MR) is 59.2 cm³/mol. The highest BCUT2D eigenvalue weighted by Crippen LogP contribution is 2.26. The van der Waals surface area contributed by atoms with Gasteiger partial charge in [0.05, 0.1) is 12.1 Å². The Bertz CT molecular complexity index is 356. The number of aromatic nitrogens is 2. The van der Waals surface area contributed by atoms with Crippen LogP contribution < -0.4 is 5.32 Å². The highest BCUT2D eigenvalue weighted by atomic mass is 16.5. The molecular formula is C11H19N3O2. The molecule has 0 bridgehead atoms. The molecule has 1 aromatic rings. The van der Waals surface area contributed by atoms with Gasteiger partial charge in [-0.15, -0.1) is 0 Å². The first-order valence-corrected chi connectivity index (χ1v) is 5.61.